The van der Waals surface area contributed by atoms with Crippen molar-refractivity contribution in [2.75, 3.05) is 28.6 Å². The molecule has 11 heteroatoms. The molecule has 1 aliphatic heterocycles. The third-order valence-electron chi connectivity index (χ3n) is 5.07. The fraction of sp³-hybridized carbons (Fsp3) is 0.238. The number of piperidine rings is 1. The van der Waals surface area contributed by atoms with Gasteiger partial charge in [-0.3, -0.25) is 9.78 Å². The lowest BCUT2D eigenvalue weighted by Crippen LogP contribution is -2.48. The number of nitrogens with two attached hydrogens (primary N) is 1. The van der Waals surface area contributed by atoms with Crippen LogP contribution in [0.2, 0.25) is 0 Å². The minimum atomic E-state index is -1.23. The number of hydrogen-bond donors (Lipinski definition) is 3. The van der Waals surface area contributed by atoms with E-state index in [1.165, 1.54) is 24.8 Å². The largest absolute Gasteiger partial charge is 0.378 e. The number of amides is 1. The van der Waals surface area contributed by atoms with Crippen molar-refractivity contribution < 1.29 is 9.18 Å². The van der Waals surface area contributed by atoms with Gasteiger partial charge in [0.1, 0.15) is 29.7 Å². The van der Waals surface area contributed by atoms with Crippen molar-refractivity contribution in [1.82, 2.24) is 19.9 Å². The third-order valence-corrected chi connectivity index (χ3v) is 5.07. The Morgan fingerprint density at radius 1 is 1.19 bits per heavy atom. The normalized spacial score (nSPS) is 17.9. The number of pyridine rings is 2. The topological polar surface area (TPSA) is 146 Å². The number of anilines is 4. The summed E-state index contributed by atoms with van der Waals surface area (Å²) < 4.78 is 15.0. The summed E-state index contributed by atoms with van der Waals surface area (Å²) in [5, 5.41) is 15.0. The van der Waals surface area contributed by atoms with Crippen molar-refractivity contribution >= 4 is 29.0 Å². The summed E-state index contributed by atoms with van der Waals surface area (Å²) in [6, 6.07) is 6.43. The zero-order chi connectivity index (χ0) is 22.5. The van der Waals surface area contributed by atoms with E-state index in [1.807, 2.05) is 11.0 Å². The van der Waals surface area contributed by atoms with Crippen LogP contribution >= 0.6 is 0 Å². The quantitative estimate of drug-likeness (QED) is 0.531. The summed E-state index contributed by atoms with van der Waals surface area (Å²) in [5.41, 5.74) is 6.48. The molecule has 0 aromatic carbocycles. The number of nitriles is 1. The molecule has 0 unspecified atom stereocenters. The molecule has 0 bridgehead atoms. The van der Waals surface area contributed by atoms with Crippen molar-refractivity contribution in [3.8, 4) is 6.07 Å². The number of alkyl halides is 1. The predicted molar refractivity (Wildman–Crippen MR) is 116 cm³/mol. The Labute approximate surface area is 183 Å². The molecule has 0 aliphatic carbocycles. The number of halogens is 1. The van der Waals surface area contributed by atoms with Crippen LogP contribution in [0, 0.1) is 11.3 Å². The molecule has 0 saturated carbocycles. The monoisotopic (exact) mass is 433 g/mol. The first-order valence-electron chi connectivity index (χ1n) is 9.88. The number of nitrogens with zero attached hydrogens (tertiary/aromatic N) is 6. The standard InChI is InChI=1S/C21H20FN9O/c22-15-12-31(20-2-1-13(8-23)9-28-20)6-3-16(15)29-17-7-18(27-10-14(17)21(24)32)30-19-11-25-4-5-26-19/h1-2,4-5,7,9-11,15-16H,3,6,12H2,(H2,24,32)(H2,26,27,29,30)/t15-,16+/m0/s1. The van der Waals surface area contributed by atoms with Gasteiger partial charge in [-0.05, 0) is 18.6 Å². The van der Waals surface area contributed by atoms with Crippen LogP contribution in [-0.4, -0.2) is 51.1 Å². The zero-order valence-corrected chi connectivity index (χ0v) is 16.9. The molecule has 1 amide bonds. The highest BCUT2D eigenvalue weighted by atomic mass is 19.1. The van der Waals surface area contributed by atoms with Crippen molar-refractivity contribution in [3.63, 3.8) is 0 Å². The fourth-order valence-corrected chi connectivity index (χ4v) is 3.45. The molecule has 0 spiro atoms. The molecule has 162 valence electrons. The minimum Gasteiger partial charge on any atom is -0.378 e. The summed E-state index contributed by atoms with van der Waals surface area (Å²) in [6.45, 7) is 0.678. The Kier molecular flexibility index (Phi) is 6.03. The molecule has 1 fully saturated rings. The highest BCUT2D eigenvalue weighted by molar-refractivity contribution is 5.98. The van der Waals surface area contributed by atoms with Crippen LogP contribution in [0.25, 0.3) is 0 Å². The molecule has 2 atom stereocenters. The Balaban J connectivity index is 1.48. The molecule has 32 heavy (non-hydrogen) atoms. The van der Waals surface area contributed by atoms with Gasteiger partial charge in [-0.25, -0.2) is 19.3 Å². The molecule has 10 nitrogen and oxygen atoms in total. The average molecular weight is 433 g/mol. The highest BCUT2D eigenvalue weighted by Crippen LogP contribution is 2.26. The number of hydrogen-bond acceptors (Lipinski definition) is 9. The lowest BCUT2D eigenvalue weighted by Gasteiger charge is -2.36. The molecule has 4 heterocycles. The second-order valence-electron chi connectivity index (χ2n) is 7.21. The van der Waals surface area contributed by atoms with Crippen LogP contribution in [0.4, 0.5) is 27.5 Å². The van der Waals surface area contributed by atoms with E-state index in [0.717, 1.165) is 0 Å². The molecule has 1 aliphatic rings. The zero-order valence-electron chi connectivity index (χ0n) is 16.9. The van der Waals surface area contributed by atoms with Gasteiger partial charge in [0.05, 0.1) is 35.6 Å². The number of carbonyl (C=O) groups is 1. The molecule has 4 rings (SSSR count). The van der Waals surface area contributed by atoms with Gasteiger partial charge >= 0.3 is 0 Å². The molecular weight excluding hydrogens is 413 g/mol. The van der Waals surface area contributed by atoms with Crippen LogP contribution in [0.5, 0.6) is 0 Å². The molecular formula is C21H20FN9O. The first-order chi connectivity index (χ1) is 15.5. The Hall–Kier alpha value is -4.33. The summed E-state index contributed by atoms with van der Waals surface area (Å²) in [5.74, 6) is 0.833. The van der Waals surface area contributed by atoms with Gasteiger partial charge in [-0.1, -0.05) is 0 Å². The summed E-state index contributed by atoms with van der Waals surface area (Å²) >= 11 is 0. The lowest BCUT2D eigenvalue weighted by molar-refractivity contribution is 0.100. The van der Waals surface area contributed by atoms with E-state index in [0.29, 0.717) is 41.7 Å². The van der Waals surface area contributed by atoms with Gasteiger partial charge in [0.15, 0.2) is 0 Å². The molecule has 3 aromatic rings. The molecule has 4 N–H and O–H groups in total. The maximum Gasteiger partial charge on any atom is 0.252 e. The second kappa shape index (κ2) is 9.22. The van der Waals surface area contributed by atoms with Gasteiger partial charge in [-0.15, -0.1) is 0 Å². The van der Waals surface area contributed by atoms with E-state index in [1.54, 1.807) is 24.4 Å². The van der Waals surface area contributed by atoms with Crippen molar-refractivity contribution in [1.29, 1.82) is 5.26 Å². The van der Waals surface area contributed by atoms with Crippen molar-refractivity contribution in [2.45, 2.75) is 18.6 Å². The van der Waals surface area contributed by atoms with Crippen molar-refractivity contribution in [2.24, 2.45) is 5.73 Å². The lowest BCUT2D eigenvalue weighted by atomic mass is 10.0. The average Bonchev–Trinajstić information content (AvgIpc) is 2.81. The van der Waals surface area contributed by atoms with E-state index >= 15 is 4.39 Å². The number of rotatable bonds is 6. The van der Waals surface area contributed by atoms with Crippen LogP contribution in [0.15, 0.2) is 49.2 Å². The number of carbonyl (C=O) groups excluding carboxylic acids is 1. The fourth-order valence-electron chi connectivity index (χ4n) is 3.45. The van der Waals surface area contributed by atoms with Crippen LogP contribution in [0.3, 0.4) is 0 Å². The highest BCUT2D eigenvalue weighted by Gasteiger charge is 2.30. The van der Waals surface area contributed by atoms with E-state index in [2.05, 4.69) is 30.6 Å². The van der Waals surface area contributed by atoms with Gasteiger partial charge < -0.3 is 21.3 Å². The van der Waals surface area contributed by atoms with E-state index in [4.69, 9.17) is 11.0 Å². The maximum atomic E-state index is 15.0. The number of aromatic nitrogens is 4. The molecule has 0 radical (unpaired) electrons. The van der Waals surface area contributed by atoms with E-state index in [9.17, 15) is 4.79 Å². The summed E-state index contributed by atoms with van der Waals surface area (Å²) in [6.07, 6.45) is 6.65. The summed E-state index contributed by atoms with van der Waals surface area (Å²) in [4.78, 5) is 30.2. The first-order valence-corrected chi connectivity index (χ1v) is 9.88. The molecule has 1 saturated heterocycles. The summed E-state index contributed by atoms with van der Waals surface area (Å²) in [7, 11) is 0. The van der Waals surface area contributed by atoms with Crippen LogP contribution in [-0.2, 0) is 0 Å². The number of nitrogens with one attached hydrogen (secondary N) is 2. The Morgan fingerprint density at radius 2 is 2.06 bits per heavy atom. The molecule has 3 aromatic heterocycles. The second-order valence-corrected chi connectivity index (χ2v) is 7.21. The Bertz CT molecular complexity index is 1130. The smallest absolute Gasteiger partial charge is 0.252 e. The number of primary amides is 1. The van der Waals surface area contributed by atoms with Gasteiger partial charge in [0.25, 0.3) is 5.91 Å². The predicted octanol–water partition coefficient (Wildman–Crippen LogP) is 2.01. The SMILES string of the molecule is N#Cc1ccc(N2CC[C@@H](Nc3cc(Nc4cnccn4)ncc3C(N)=O)[C@@H](F)C2)nc1. The van der Waals surface area contributed by atoms with Crippen molar-refractivity contribution in [3.05, 3.63) is 60.3 Å². The van der Waals surface area contributed by atoms with Crippen LogP contribution in [0.1, 0.15) is 22.3 Å². The van der Waals surface area contributed by atoms with Gasteiger partial charge in [0.2, 0.25) is 0 Å². The minimum absolute atomic E-state index is 0.123. The first kappa shape index (κ1) is 20.9. The Morgan fingerprint density at radius 3 is 2.72 bits per heavy atom. The van der Waals surface area contributed by atoms with E-state index < -0.39 is 18.1 Å². The van der Waals surface area contributed by atoms with Gasteiger partial charge in [-0.2, -0.15) is 5.26 Å². The third kappa shape index (κ3) is 4.70. The van der Waals surface area contributed by atoms with Crippen LogP contribution < -0.4 is 21.3 Å². The van der Waals surface area contributed by atoms with Gasteiger partial charge in [0, 0.05) is 37.4 Å². The van der Waals surface area contributed by atoms with E-state index in [-0.39, 0.29) is 12.1 Å². The maximum absolute atomic E-state index is 15.0.